The molecule has 0 saturated carbocycles. The van der Waals surface area contributed by atoms with Gasteiger partial charge < -0.3 is 21.3 Å². The minimum atomic E-state index is -1.57. The van der Waals surface area contributed by atoms with Crippen LogP contribution < -0.4 is 11.1 Å². The van der Waals surface area contributed by atoms with Crippen LogP contribution in [0.2, 0.25) is 0 Å². The maximum atomic E-state index is 10.2. The highest BCUT2D eigenvalue weighted by Gasteiger charge is 2.10. The van der Waals surface area contributed by atoms with Crippen molar-refractivity contribution in [3.63, 3.8) is 0 Å². The summed E-state index contributed by atoms with van der Waals surface area (Å²) in [6, 6.07) is -1.13. The molecule has 0 unspecified atom stereocenters. The first-order valence-corrected chi connectivity index (χ1v) is 2.68. The number of nitrogens with two attached hydrogens (primary N) is 1. The van der Waals surface area contributed by atoms with E-state index in [4.69, 9.17) is 10.2 Å². The number of carboxylic acids is 2. The molecule has 0 spiro atoms. The van der Waals surface area contributed by atoms with Crippen LogP contribution in [0.25, 0.3) is 0 Å². The third-order valence-corrected chi connectivity index (χ3v) is 0.756. The Labute approximate surface area is 66.5 Å². The Bertz CT molecular complexity index is 257. The molecule has 0 bridgehead atoms. The van der Waals surface area contributed by atoms with Crippen molar-refractivity contribution in [2.75, 3.05) is 0 Å². The van der Waals surface area contributed by atoms with Crippen LogP contribution in [0, 0.1) is 0 Å². The molecule has 7 nitrogen and oxygen atoms in total. The molecule has 0 atom stereocenters. The monoisotopic (exact) mass is 174 g/mol. The van der Waals surface area contributed by atoms with Crippen molar-refractivity contribution in [2.45, 2.75) is 0 Å². The molecule has 2 amide bonds. The number of aliphatic carboxylic acids is 2. The Hall–Kier alpha value is -2.05. The quantitative estimate of drug-likeness (QED) is 0.395. The van der Waals surface area contributed by atoms with Gasteiger partial charge in [0, 0.05) is 0 Å². The van der Waals surface area contributed by atoms with Gasteiger partial charge in [-0.1, -0.05) is 0 Å². The lowest BCUT2D eigenvalue weighted by Gasteiger charge is -1.99. The maximum Gasteiger partial charge on any atom is 0.352 e. The summed E-state index contributed by atoms with van der Waals surface area (Å²) in [5.74, 6) is -3.06. The maximum absolute atomic E-state index is 10.2. The van der Waals surface area contributed by atoms with Gasteiger partial charge in [-0.2, -0.15) is 0 Å². The first kappa shape index (κ1) is 9.95. The molecule has 5 N–H and O–H groups in total. The van der Waals surface area contributed by atoms with Crippen molar-refractivity contribution in [3.05, 3.63) is 11.8 Å². The molecule has 0 aliphatic heterocycles. The Morgan fingerprint density at radius 2 is 1.75 bits per heavy atom. The SMILES string of the molecule is NC(=O)NC(=CC(=O)O)C(=O)O. The van der Waals surface area contributed by atoms with Crippen molar-refractivity contribution in [3.8, 4) is 0 Å². The first-order chi connectivity index (χ1) is 5.43. The molecule has 0 aromatic heterocycles. The van der Waals surface area contributed by atoms with Gasteiger partial charge in [0.05, 0.1) is 6.08 Å². The highest BCUT2D eigenvalue weighted by atomic mass is 16.4. The normalized spacial score (nSPS) is 10.5. The van der Waals surface area contributed by atoms with Gasteiger partial charge in [-0.3, -0.25) is 0 Å². The van der Waals surface area contributed by atoms with E-state index in [1.54, 1.807) is 5.32 Å². The Balaban J connectivity index is 4.55. The number of amides is 2. The molecule has 7 heteroatoms. The second-order valence-electron chi connectivity index (χ2n) is 1.69. The summed E-state index contributed by atoms with van der Waals surface area (Å²) in [6.45, 7) is 0. The van der Waals surface area contributed by atoms with E-state index in [1.807, 2.05) is 0 Å². The molecule has 0 aliphatic rings. The van der Waals surface area contributed by atoms with E-state index >= 15 is 0 Å². The minimum Gasteiger partial charge on any atom is -0.478 e. The van der Waals surface area contributed by atoms with Gasteiger partial charge in [0.15, 0.2) is 0 Å². The molecule has 0 rings (SSSR count). The van der Waals surface area contributed by atoms with Crippen LogP contribution in [-0.4, -0.2) is 28.2 Å². The van der Waals surface area contributed by atoms with Gasteiger partial charge in [0.2, 0.25) is 0 Å². The Kier molecular flexibility index (Phi) is 3.28. The molecule has 0 fully saturated rings. The van der Waals surface area contributed by atoms with Crippen LogP contribution in [0.4, 0.5) is 4.79 Å². The minimum absolute atomic E-state index is 0.326. The third kappa shape index (κ3) is 3.88. The topological polar surface area (TPSA) is 130 Å². The highest BCUT2D eigenvalue weighted by Crippen LogP contribution is 1.88. The summed E-state index contributed by atoms with van der Waals surface area (Å²) in [6.07, 6.45) is 0.326. The van der Waals surface area contributed by atoms with E-state index in [0.717, 1.165) is 0 Å². The standard InChI is InChI=1S/C5H6N2O5/c6-5(12)7-2(4(10)11)1-3(8)9/h1H,(H,8,9)(H,10,11)(H3,6,7,12). The number of nitrogens with one attached hydrogen (secondary N) is 1. The predicted octanol–water partition coefficient (Wildman–Crippen LogP) is -1.29. The Morgan fingerprint density at radius 3 is 2.00 bits per heavy atom. The summed E-state index contributed by atoms with van der Waals surface area (Å²) < 4.78 is 0. The molecule has 0 heterocycles. The fourth-order valence-electron chi connectivity index (χ4n) is 0.407. The smallest absolute Gasteiger partial charge is 0.352 e. The van der Waals surface area contributed by atoms with Crippen molar-refractivity contribution in [1.29, 1.82) is 0 Å². The van der Waals surface area contributed by atoms with E-state index in [2.05, 4.69) is 5.73 Å². The average Bonchev–Trinajstić information content (AvgIpc) is 1.83. The second-order valence-corrected chi connectivity index (χ2v) is 1.69. The lowest BCUT2D eigenvalue weighted by atomic mass is 10.4. The molecule has 0 radical (unpaired) electrons. The van der Waals surface area contributed by atoms with Crippen LogP contribution in [0.1, 0.15) is 0 Å². The van der Waals surface area contributed by atoms with E-state index in [1.165, 1.54) is 0 Å². The van der Waals surface area contributed by atoms with Gasteiger partial charge in [-0.05, 0) is 0 Å². The van der Waals surface area contributed by atoms with E-state index < -0.39 is 23.7 Å². The van der Waals surface area contributed by atoms with Crippen LogP contribution in [0.5, 0.6) is 0 Å². The van der Waals surface area contributed by atoms with Crippen molar-refractivity contribution < 1.29 is 24.6 Å². The van der Waals surface area contributed by atoms with Gasteiger partial charge in [-0.25, -0.2) is 14.4 Å². The largest absolute Gasteiger partial charge is 0.478 e. The van der Waals surface area contributed by atoms with Crippen molar-refractivity contribution in [2.24, 2.45) is 5.73 Å². The summed E-state index contributed by atoms with van der Waals surface area (Å²) in [5, 5.41) is 18.0. The van der Waals surface area contributed by atoms with Crippen molar-refractivity contribution in [1.82, 2.24) is 5.32 Å². The fraction of sp³-hybridized carbons (Fsp3) is 0. The number of primary amides is 1. The van der Waals surface area contributed by atoms with Crippen molar-refractivity contribution >= 4 is 18.0 Å². The fourth-order valence-corrected chi connectivity index (χ4v) is 0.407. The molecular weight excluding hydrogens is 168 g/mol. The predicted molar refractivity (Wildman–Crippen MR) is 36.1 cm³/mol. The number of carbonyl (C=O) groups is 3. The van der Waals surface area contributed by atoms with Gasteiger partial charge in [0.1, 0.15) is 5.70 Å². The average molecular weight is 174 g/mol. The number of carbonyl (C=O) groups excluding carboxylic acids is 1. The van der Waals surface area contributed by atoms with Gasteiger partial charge in [-0.15, -0.1) is 0 Å². The number of carboxylic acid groups (broad SMARTS) is 2. The van der Waals surface area contributed by atoms with Crippen LogP contribution in [-0.2, 0) is 9.59 Å². The zero-order valence-electron chi connectivity index (χ0n) is 5.77. The lowest BCUT2D eigenvalue weighted by molar-refractivity contribution is -0.135. The van der Waals surface area contributed by atoms with Crippen LogP contribution >= 0.6 is 0 Å². The summed E-state index contributed by atoms with van der Waals surface area (Å²) in [5.41, 5.74) is 3.78. The lowest BCUT2D eigenvalue weighted by Crippen LogP contribution is -2.32. The molecule has 0 aliphatic carbocycles. The number of urea groups is 1. The third-order valence-electron chi connectivity index (χ3n) is 0.756. The zero-order chi connectivity index (χ0) is 9.72. The number of hydrogen-bond acceptors (Lipinski definition) is 3. The van der Waals surface area contributed by atoms with Gasteiger partial charge in [0.25, 0.3) is 0 Å². The first-order valence-electron chi connectivity index (χ1n) is 2.68. The molecular formula is C5H6N2O5. The van der Waals surface area contributed by atoms with Gasteiger partial charge >= 0.3 is 18.0 Å². The molecule has 12 heavy (non-hydrogen) atoms. The summed E-state index contributed by atoms with van der Waals surface area (Å²) in [7, 11) is 0. The van der Waals surface area contributed by atoms with Crippen LogP contribution in [0.3, 0.4) is 0 Å². The number of hydrogen-bond donors (Lipinski definition) is 4. The Morgan fingerprint density at radius 1 is 1.25 bits per heavy atom. The van der Waals surface area contributed by atoms with E-state index in [0.29, 0.717) is 6.08 Å². The number of rotatable bonds is 3. The second kappa shape index (κ2) is 3.96. The molecule has 0 aromatic rings. The van der Waals surface area contributed by atoms with Crippen LogP contribution in [0.15, 0.2) is 11.8 Å². The van der Waals surface area contributed by atoms with E-state index in [-0.39, 0.29) is 0 Å². The summed E-state index contributed by atoms with van der Waals surface area (Å²) >= 11 is 0. The highest BCUT2D eigenvalue weighted by molar-refractivity contribution is 5.97. The summed E-state index contributed by atoms with van der Waals surface area (Å²) in [4.78, 5) is 30.2. The molecule has 0 saturated heterocycles. The van der Waals surface area contributed by atoms with E-state index in [9.17, 15) is 14.4 Å². The zero-order valence-corrected chi connectivity index (χ0v) is 5.77. The molecule has 0 aromatic carbocycles. The molecule has 66 valence electrons.